The molecular formula is C21H31N3O. The van der Waals surface area contributed by atoms with Crippen molar-refractivity contribution in [3.05, 3.63) is 35.8 Å². The van der Waals surface area contributed by atoms with Gasteiger partial charge < -0.3 is 10.5 Å². The number of rotatable bonds is 1. The van der Waals surface area contributed by atoms with Crippen LogP contribution >= 0.6 is 0 Å². The lowest BCUT2D eigenvalue weighted by molar-refractivity contribution is -0.0360. The van der Waals surface area contributed by atoms with E-state index >= 15 is 0 Å². The van der Waals surface area contributed by atoms with E-state index in [0.717, 1.165) is 30.6 Å². The summed E-state index contributed by atoms with van der Waals surface area (Å²) in [5.74, 6) is 2.33. The second-order valence-electron chi connectivity index (χ2n) is 9.38. The number of hydrogen-bond donors (Lipinski definition) is 3. The predicted molar refractivity (Wildman–Crippen MR) is 98.4 cm³/mol. The lowest BCUT2D eigenvalue weighted by atomic mass is 9.48. The van der Waals surface area contributed by atoms with Gasteiger partial charge >= 0.3 is 0 Å². The topological polar surface area (TPSA) is 47.5 Å². The lowest BCUT2D eigenvalue weighted by Gasteiger charge is -2.57. The molecule has 0 saturated heterocycles. The van der Waals surface area contributed by atoms with Gasteiger partial charge in [-0.25, -0.2) is 0 Å². The van der Waals surface area contributed by atoms with E-state index in [9.17, 15) is 5.11 Å². The molecule has 1 aliphatic heterocycles. The molecule has 0 aromatic rings. The van der Waals surface area contributed by atoms with Crippen molar-refractivity contribution in [2.45, 2.75) is 64.9 Å². The Morgan fingerprint density at radius 2 is 1.92 bits per heavy atom. The predicted octanol–water partition coefficient (Wildman–Crippen LogP) is 3.60. The highest BCUT2D eigenvalue weighted by Crippen LogP contribution is 2.65. The van der Waals surface area contributed by atoms with Crippen LogP contribution in [0.25, 0.3) is 0 Å². The van der Waals surface area contributed by atoms with Gasteiger partial charge in [0.1, 0.15) is 0 Å². The molecule has 0 bridgehead atoms. The summed E-state index contributed by atoms with van der Waals surface area (Å²) >= 11 is 0. The Hall–Kier alpha value is -1.26. The second-order valence-corrected chi connectivity index (χ2v) is 9.38. The first kappa shape index (κ1) is 16.0. The zero-order valence-electron chi connectivity index (χ0n) is 15.5. The Bertz CT molecular complexity index is 668. The van der Waals surface area contributed by atoms with Gasteiger partial charge in [-0.3, -0.25) is 5.01 Å². The van der Waals surface area contributed by atoms with Crippen LogP contribution in [0.1, 0.15) is 58.8 Å². The molecule has 0 amide bonds. The maximum atomic E-state index is 10.1. The fourth-order valence-electron chi connectivity index (χ4n) is 6.96. The van der Waals surface area contributed by atoms with Gasteiger partial charge in [-0.2, -0.15) is 0 Å². The number of hydrogen-bond acceptors (Lipinski definition) is 4. The molecule has 1 heterocycles. The van der Waals surface area contributed by atoms with E-state index in [0.29, 0.717) is 5.41 Å². The molecule has 4 nitrogen and oxygen atoms in total. The molecule has 0 aromatic carbocycles. The van der Waals surface area contributed by atoms with Gasteiger partial charge in [0.2, 0.25) is 0 Å². The molecule has 6 atom stereocenters. The van der Waals surface area contributed by atoms with Crippen LogP contribution in [0.15, 0.2) is 35.8 Å². The highest BCUT2D eigenvalue weighted by molar-refractivity contribution is 5.30. The Morgan fingerprint density at radius 3 is 2.72 bits per heavy atom. The Kier molecular flexibility index (Phi) is 3.43. The first-order chi connectivity index (χ1) is 12.0. The summed E-state index contributed by atoms with van der Waals surface area (Å²) in [5.41, 5.74) is 9.97. The molecule has 2 fully saturated rings. The second kappa shape index (κ2) is 5.37. The molecule has 2 saturated carbocycles. The number of aliphatic hydroxyl groups excluding tert-OH is 1. The number of fused-ring (bicyclic) bond motifs is 5. The normalized spacial score (nSPS) is 48.2. The Morgan fingerprint density at radius 1 is 1.08 bits per heavy atom. The van der Waals surface area contributed by atoms with Gasteiger partial charge in [-0.15, -0.1) is 5.53 Å². The van der Waals surface area contributed by atoms with Crippen LogP contribution in [0.3, 0.4) is 0 Å². The fraction of sp³-hybridized carbons (Fsp3) is 0.714. The SMILES string of the molecule is C[C@]12CCC(O)CC1=CCC1C2CC[C@]2(C)C(N3C=CNN3)=CCC12. The quantitative estimate of drug-likeness (QED) is 0.638. The Labute approximate surface area is 151 Å². The third-order valence-electron chi connectivity index (χ3n) is 8.37. The van der Waals surface area contributed by atoms with Crippen LogP contribution in [0.4, 0.5) is 0 Å². The minimum Gasteiger partial charge on any atom is -0.393 e. The molecular weight excluding hydrogens is 310 g/mol. The maximum absolute atomic E-state index is 10.1. The van der Waals surface area contributed by atoms with Gasteiger partial charge in [0.25, 0.3) is 0 Å². The van der Waals surface area contributed by atoms with Gasteiger partial charge in [-0.1, -0.05) is 31.6 Å². The lowest BCUT2D eigenvalue weighted by Crippen LogP contribution is -2.51. The Balaban J connectivity index is 1.45. The van der Waals surface area contributed by atoms with E-state index in [1.807, 2.05) is 6.20 Å². The molecule has 0 spiro atoms. The van der Waals surface area contributed by atoms with Gasteiger partial charge in [0.05, 0.1) is 6.10 Å². The molecule has 25 heavy (non-hydrogen) atoms. The third-order valence-corrected chi connectivity index (χ3v) is 8.37. The van der Waals surface area contributed by atoms with E-state index in [-0.39, 0.29) is 11.5 Å². The van der Waals surface area contributed by atoms with E-state index in [4.69, 9.17) is 0 Å². The van der Waals surface area contributed by atoms with Crippen molar-refractivity contribution >= 4 is 0 Å². The van der Waals surface area contributed by atoms with Crippen molar-refractivity contribution in [2.24, 2.45) is 28.6 Å². The summed E-state index contributed by atoms with van der Waals surface area (Å²) in [4.78, 5) is 0. The zero-order valence-corrected chi connectivity index (χ0v) is 15.5. The number of nitrogens with one attached hydrogen (secondary N) is 2. The van der Waals surface area contributed by atoms with Crippen molar-refractivity contribution in [1.82, 2.24) is 16.0 Å². The van der Waals surface area contributed by atoms with E-state index in [1.54, 1.807) is 5.57 Å². The summed E-state index contributed by atoms with van der Waals surface area (Å²) < 4.78 is 0. The molecule has 4 heteroatoms. The van der Waals surface area contributed by atoms with Crippen molar-refractivity contribution in [1.29, 1.82) is 0 Å². The first-order valence-corrected chi connectivity index (χ1v) is 10.1. The van der Waals surface area contributed by atoms with E-state index < -0.39 is 0 Å². The standard InChI is InChI=1S/C21H31N3O/c1-20-9-7-15(25)13-14(20)3-4-16-17-5-6-19(24-12-11-22-23-24)21(17,2)10-8-18(16)20/h3,6,11-12,15-18,22-23,25H,4-5,7-10,13H2,1-2H3/t15?,16?,17?,18?,20-,21-/m0/s1. The average Bonchev–Trinajstić information content (AvgIpc) is 3.22. The van der Waals surface area contributed by atoms with Gasteiger partial charge in [0.15, 0.2) is 0 Å². The van der Waals surface area contributed by atoms with Crippen molar-refractivity contribution < 1.29 is 5.11 Å². The minimum atomic E-state index is -0.106. The van der Waals surface area contributed by atoms with E-state index in [1.165, 1.54) is 37.8 Å². The number of aliphatic hydroxyl groups is 1. The first-order valence-electron chi connectivity index (χ1n) is 10.1. The van der Waals surface area contributed by atoms with Crippen molar-refractivity contribution in [3.63, 3.8) is 0 Å². The minimum absolute atomic E-state index is 0.106. The van der Waals surface area contributed by atoms with Crippen molar-refractivity contribution in [3.8, 4) is 0 Å². The van der Waals surface area contributed by atoms with Crippen LogP contribution in [-0.2, 0) is 0 Å². The summed E-state index contributed by atoms with van der Waals surface area (Å²) in [5, 5.41) is 12.3. The van der Waals surface area contributed by atoms with Gasteiger partial charge in [-0.05, 0) is 68.1 Å². The summed E-state index contributed by atoms with van der Waals surface area (Å²) in [6, 6.07) is 0. The van der Waals surface area contributed by atoms with E-state index in [2.05, 4.69) is 48.2 Å². The highest BCUT2D eigenvalue weighted by Gasteiger charge is 2.57. The number of nitrogens with zero attached hydrogens (tertiary/aromatic N) is 1. The largest absolute Gasteiger partial charge is 0.393 e. The van der Waals surface area contributed by atoms with Crippen LogP contribution in [0.2, 0.25) is 0 Å². The molecule has 0 aromatic heterocycles. The average molecular weight is 341 g/mol. The molecule has 5 rings (SSSR count). The monoisotopic (exact) mass is 341 g/mol. The summed E-state index contributed by atoms with van der Waals surface area (Å²) in [6.45, 7) is 4.99. The fourth-order valence-corrected chi connectivity index (χ4v) is 6.96. The maximum Gasteiger partial charge on any atom is 0.0577 e. The van der Waals surface area contributed by atoms with Gasteiger partial charge in [0, 0.05) is 23.5 Å². The van der Waals surface area contributed by atoms with Crippen LogP contribution in [-0.4, -0.2) is 16.2 Å². The molecule has 3 N–H and O–H groups in total. The third kappa shape index (κ3) is 2.13. The molecule has 0 radical (unpaired) electrons. The zero-order chi connectivity index (χ0) is 17.2. The summed E-state index contributed by atoms with van der Waals surface area (Å²) in [7, 11) is 0. The molecule has 4 unspecified atom stereocenters. The number of allylic oxidation sites excluding steroid dienone is 3. The molecule has 5 aliphatic rings. The smallest absolute Gasteiger partial charge is 0.0577 e. The number of hydrazine groups is 2. The molecule has 4 aliphatic carbocycles. The summed E-state index contributed by atoms with van der Waals surface area (Å²) in [6.07, 6.45) is 17.1. The molecule has 136 valence electrons. The van der Waals surface area contributed by atoms with Crippen LogP contribution in [0, 0.1) is 28.6 Å². The van der Waals surface area contributed by atoms with Crippen LogP contribution < -0.4 is 11.0 Å². The van der Waals surface area contributed by atoms with Crippen LogP contribution in [0.5, 0.6) is 0 Å². The highest BCUT2D eigenvalue weighted by atomic mass is 16.3. The van der Waals surface area contributed by atoms with Crippen molar-refractivity contribution in [2.75, 3.05) is 0 Å².